The van der Waals surface area contributed by atoms with Gasteiger partial charge < -0.3 is 20.5 Å². The van der Waals surface area contributed by atoms with Gasteiger partial charge in [0.05, 0.1) is 31.8 Å². The number of nitrogens with one attached hydrogen (secondary N) is 1. The fourth-order valence-corrected chi connectivity index (χ4v) is 3.01. The number of hydrogen-bond acceptors (Lipinski definition) is 5. The van der Waals surface area contributed by atoms with E-state index < -0.39 is 0 Å². The number of nitrogens with zero attached hydrogens (tertiary/aromatic N) is 1. The summed E-state index contributed by atoms with van der Waals surface area (Å²) in [6.07, 6.45) is 0.0104. The highest BCUT2D eigenvalue weighted by molar-refractivity contribution is 6.30. The smallest absolute Gasteiger partial charge is 0.222 e. The summed E-state index contributed by atoms with van der Waals surface area (Å²) >= 11 is 6.14. The van der Waals surface area contributed by atoms with Gasteiger partial charge in [-0.2, -0.15) is 0 Å². The molecule has 1 aliphatic rings. The second-order valence-electron chi connectivity index (χ2n) is 5.82. The van der Waals surface area contributed by atoms with Gasteiger partial charge in [-0.1, -0.05) is 23.7 Å². The average Bonchev–Trinajstić information content (AvgIpc) is 2.61. The number of carbonyl (C=O) groups excluding carboxylic acids is 1. The Bertz CT molecular complexity index is 527. The van der Waals surface area contributed by atoms with Crippen molar-refractivity contribution < 1.29 is 14.3 Å². The van der Waals surface area contributed by atoms with Crippen molar-refractivity contribution in [3.05, 3.63) is 34.9 Å². The van der Waals surface area contributed by atoms with Gasteiger partial charge in [0.25, 0.3) is 0 Å². The van der Waals surface area contributed by atoms with Crippen LogP contribution in [0.25, 0.3) is 0 Å². The van der Waals surface area contributed by atoms with Gasteiger partial charge in [-0.3, -0.25) is 9.69 Å². The third-order valence-electron chi connectivity index (χ3n) is 4.22. The maximum absolute atomic E-state index is 12.1. The van der Waals surface area contributed by atoms with E-state index in [-0.39, 0.29) is 49.3 Å². The van der Waals surface area contributed by atoms with E-state index in [1.165, 1.54) is 0 Å². The number of amides is 1. The highest BCUT2D eigenvalue weighted by Gasteiger charge is 2.23. The van der Waals surface area contributed by atoms with Crippen LogP contribution < -0.4 is 11.1 Å². The molecule has 0 radical (unpaired) electrons. The lowest BCUT2D eigenvalue weighted by atomic mass is 10.0. The molecular formula is C17H28Cl3N3O3. The standard InChI is InChI=1S/C17H26ClN3O3.2ClH/c1-23-15(11-19)10-17(22)20-12-16(21-5-7-24-8-6-21)13-3-2-4-14(18)9-13;;/h2-4,9,15-16H,5-8,10-12,19H2,1H3,(H,20,22);2*1H. The van der Waals surface area contributed by atoms with Gasteiger partial charge in [0.1, 0.15) is 0 Å². The summed E-state index contributed by atoms with van der Waals surface area (Å²) < 4.78 is 10.6. The highest BCUT2D eigenvalue weighted by Crippen LogP contribution is 2.24. The lowest BCUT2D eigenvalue weighted by Gasteiger charge is -2.35. The lowest BCUT2D eigenvalue weighted by Crippen LogP contribution is -2.44. The molecule has 2 atom stereocenters. The number of nitrogens with two attached hydrogens (primary N) is 1. The Morgan fingerprint density at radius 3 is 2.65 bits per heavy atom. The van der Waals surface area contributed by atoms with Gasteiger partial charge in [0.2, 0.25) is 5.91 Å². The molecule has 26 heavy (non-hydrogen) atoms. The van der Waals surface area contributed by atoms with E-state index in [0.29, 0.717) is 31.3 Å². The zero-order valence-corrected chi connectivity index (χ0v) is 17.2. The molecule has 2 unspecified atom stereocenters. The average molecular weight is 429 g/mol. The largest absolute Gasteiger partial charge is 0.380 e. The van der Waals surface area contributed by atoms with Crippen LogP contribution in [0.1, 0.15) is 18.0 Å². The van der Waals surface area contributed by atoms with Crippen LogP contribution in [-0.4, -0.2) is 63.4 Å². The minimum Gasteiger partial charge on any atom is -0.380 e. The van der Waals surface area contributed by atoms with Crippen LogP contribution in [0.5, 0.6) is 0 Å². The van der Waals surface area contributed by atoms with E-state index in [4.69, 9.17) is 26.8 Å². The van der Waals surface area contributed by atoms with Crippen molar-refractivity contribution in [3.63, 3.8) is 0 Å². The fourth-order valence-electron chi connectivity index (χ4n) is 2.81. The maximum atomic E-state index is 12.1. The van der Waals surface area contributed by atoms with Crippen LogP contribution in [0.4, 0.5) is 0 Å². The topological polar surface area (TPSA) is 76.8 Å². The Labute approximate surface area is 172 Å². The Kier molecular flexibility index (Phi) is 13.2. The second kappa shape index (κ2) is 13.6. The quantitative estimate of drug-likeness (QED) is 0.662. The Hall–Kier alpha value is -0.600. The molecule has 150 valence electrons. The number of morpholine rings is 1. The molecule has 1 amide bonds. The van der Waals surface area contributed by atoms with Gasteiger partial charge in [-0.05, 0) is 17.7 Å². The Morgan fingerprint density at radius 1 is 1.38 bits per heavy atom. The zero-order valence-electron chi connectivity index (χ0n) is 14.9. The molecular weight excluding hydrogens is 401 g/mol. The molecule has 1 saturated heterocycles. The number of rotatable bonds is 8. The van der Waals surface area contributed by atoms with E-state index in [1.807, 2.05) is 24.3 Å². The van der Waals surface area contributed by atoms with E-state index in [2.05, 4.69) is 10.2 Å². The van der Waals surface area contributed by atoms with E-state index >= 15 is 0 Å². The SMILES string of the molecule is COC(CN)CC(=O)NCC(c1cccc(Cl)c1)N1CCOCC1.Cl.Cl. The minimum atomic E-state index is -0.252. The molecule has 3 N–H and O–H groups in total. The van der Waals surface area contributed by atoms with Crippen molar-refractivity contribution in [2.24, 2.45) is 5.73 Å². The highest BCUT2D eigenvalue weighted by atomic mass is 35.5. The molecule has 9 heteroatoms. The fraction of sp³-hybridized carbons (Fsp3) is 0.588. The number of halogens is 3. The van der Waals surface area contributed by atoms with Crippen molar-refractivity contribution in [2.75, 3.05) is 46.5 Å². The zero-order chi connectivity index (χ0) is 17.4. The summed E-state index contributed by atoms with van der Waals surface area (Å²) in [5.74, 6) is -0.0624. The van der Waals surface area contributed by atoms with Crippen LogP contribution in [0.3, 0.4) is 0 Å². The molecule has 1 fully saturated rings. The third kappa shape index (κ3) is 7.96. The molecule has 1 aromatic carbocycles. The van der Waals surface area contributed by atoms with Gasteiger partial charge in [0.15, 0.2) is 0 Å². The number of carbonyl (C=O) groups is 1. The van der Waals surface area contributed by atoms with E-state index in [0.717, 1.165) is 18.7 Å². The maximum Gasteiger partial charge on any atom is 0.222 e. The van der Waals surface area contributed by atoms with Crippen LogP contribution in [-0.2, 0) is 14.3 Å². The molecule has 0 spiro atoms. The van der Waals surface area contributed by atoms with Gasteiger partial charge in [0, 0.05) is 38.3 Å². The van der Waals surface area contributed by atoms with Crippen LogP contribution >= 0.6 is 36.4 Å². The first-order valence-electron chi connectivity index (χ1n) is 8.21. The predicted octanol–water partition coefficient (Wildman–Crippen LogP) is 2.04. The van der Waals surface area contributed by atoms with Gasteiger partial charge in [-0.15, -0.1) is 24.8 Å². The molecule has 0 saturated carbocycles. The molecule has 0 aliphatic carbocycles. The summed E-state index contributed by atoms with van der Waals surface area (Å²) in [6, 6.07) is 7.84. The predicted molar refractivity (Wildman–Crippen MR) is 109 cm³/mol. The summed E-state index contributed by atoms with van der Waals surface area (Å²) in [7, 11) is 1.56. The molecule has 6 nitrogen and oxygen atoms in total. The Balaban J connectivity index is 0.00000312. The molecule has 2 rings (SSSR count). The lowest BCUT2D eigenvalue weighted by molar-refractivity contribution is -0.123. The molecule has 1 aliphatic heterocycles. The van der Waals surface area contributed by atoms with Crippen molar-refractivity contribution in [1.82, 2.24) is 10.2 Å². The van der Waals surface area contributed by atoms with Crippen molar-refractivity contribution >= 4 is 42.3 Å². The van der Waals surface area contributed by atoms with Crippen molar-refractivity contribution in [1.29, 1.82) is 0 Å². The van der Waals surface area contributed by atoms with Crippen molar-refractivity contribution in [3.8, 4) is 0 Å². The first kappa shape index (κ1) is 25.4. The van der Waals surface area contributed by atoms with Gasteiger partial charge in [-0.25, -0.2) is 0 Å². The third-order valence-corrected chi connectivity index (χ3v) is 4.46. The minimum absolute atomic E-state index is 0. The Morgan fingerprint density at radius 2 is 2.08 bits per heavy atom. The first-order valence-corrected chi connectivity index (χ1v) is 8.58. The monoisotopic (exact) mass is 427 g/mol. The van der Waals surface area contributed by atoms with Crippen LogP contribution in [0.2, 0.25) is 5.02 Å². The van der Waals surface area contributed by atoms with E-state index in [1.54, 1.807) is 7.11 Å². The second-order valence-corrected chi connectivity index (χ2v) is 6.26. The summed E-state index contributed by atoms with van der Waals surface area (Å²) in [4.78, 5) is 14.5. The number of hydrogen-bond donors (Lipinski definition) is 2. The normalized spacial score (nSPS) is 16.7. The van der Waals surface area contributed by atoms with Crippen LogP contribution in [0.15, 0.2) is 24.3 Å². The summed E-state index contributed by atoms with van der Waals surface area (Å²) in [5, 5.41) is 3.69. The molecule has 1 heterocycles. The van der Waals surface area contributed by atoms with Crippen LogP contribution in [0, 0.1) is 0 Å². The first-order chi connectivity index (χ1) is 11.6. The number of ether oxygens (including phenoxy) is 2. The molecule has 1 aromatic rings. The molecule has 0 aromatic heterocycles. The van der Waals surface area contributed by atoms with Crippen molar-refractivity contribution in [2.45, 2.75) is 18.6 Å². The number of methoxy groups -OCH3 is 1. The number of benzene rings is 1. The molecule has 0 bridgehead atoms. The van der Waals surface area contributed by atoms with Gasteiger partial charge >= 0.3 is 0 Å². The summed E-state index contributed by atoms with van der Waals surface area (Å²) in [6.45, 7) is 3.90. The van der Waals surface area contributed by atoms with E-state index in [9.17, 15) is 4.79 Å². The summed E-state index contributed by atoms with van der Waals surface area (Å²) in [5.41, 5.74) is 6.66.